The van der Waals surface area contributed by atoms with Crippen LogP contribution in [-0.2, 0) is 21.1 Å². The Morgan fingerprint density at radius 1 is 1.11 bits per heavy atom. The quantitative estimate of drug-likeness (QED) is 0.703. The van der Waals surface area contributed by atoms with Crippen molar-refractivity contribution in [2.45, 2.75) is 12.8 Å². The van der Waals surface area contributed by atoms with Gasteiger partial charge in [0.2, 0.25) is 5.91 Å². The highest BCUT2D eigenvalue weighted by Gasteiger charge is 2.22. The smallest absolute Gasteiger partial charge is 0.223 e. The van der Waals surface area contributed by atoms with Gasteiger partial charge in [0.15, 0.2) is 0 Å². The van der Waals surface area contributed by atoms with Crippen molar-refractivity contribution in [1.29, 1.82) is 0 Å². The Labute approximate surface area is 164 Å². The Hall–Kier alpha value is -2.19. The molecule has 152 valence electrons. The number of aryl methyl sites for hydroxylation is 1. The van der Waals surface area contributed by atoms with Crippen molar-refractivity contribution in [3.8, 4) is 11.3 Å². The monoisotopic (exact) mass is 408 g/mol. The summed E-state index contributed by atoms with van der Waals surface area (Å²) in [5.41, 5.74) is 0.408. The van der Waals surface area contributed by atoms with Crippen LogP contribution in [-0.4, -0.2) is 68.9 Å². The predicted octanol–water partition coefficient (Wildman–Crippen LogP) is 2.21. The standard InChI is InChI=1S/C20H25FN2O4S/c1-28(25,26)15-14-22-10-12-23(13-11-22)20(24)9-7-16-6-8-19(27-16)17-4-2-3-5-18(17)21/h2-6,8H,7,9-15H2,1H3. The summed E-state index contributed by atoms with van der Waals surface area (Å²) < 4.78 is 42.0. The Morgan fingerprint density at radius 2 is 1.82 bits per heavy atom. The molecule has 8 heteroatoms. The van der Waals surface area contributed by atoms with E-state index >= 15 is 0 Å². The number of hydrogen-bond donors (Lipinski definition) is 0. The van der Waals surface area contributed by atoms with Crippen LogP contribution in [0, 0.1) is 5.82 Å². The molecule has 2 aromatic rings. The Morgan fingerprint density at radius 3 is 2.50 bits per heavy atom. The lowest BCUT2D eigenvalue weighted by Gasteiger charge is -2.34. The number of rotatable bonds is 7. The molecule has 0 atom stereocenters. The van der Waals surface area contributed by atoms with E-state index in [0.29, 0.717) is 62.6 Å². The number of nitrogens with zero attached hydrogens (tertiary/aromatic N) is 2. The molecule has 1 saturated heterocycles. The lowest BCUT2D eigenvalue weighted by Crippen LogP contribution is -2.49. The minimum Gasteiger partial charge on any atom is -0.461 e. The van der Waals surface area contributed by atoms with Crippen molar-refractivity contribution in [2.24, 2.45) is 0 Å². The molecule has 0 aliphatic carbocycles. The maximum Gasteiger partial charge on any atom is 0.223 e. The van der Waals surface area contributed by atoms with Crippen LogP contribution in [0.1, 0.15) is 12.2 Å². The summed E-state index contributed by atoms with van der Waals surface area (Å²) in [7, 11) is -2.97. The van der Waals surface area contributed by atoms with Gasteiger partial charge in [-0.05, 0) is 24.3 Å². The van der Waals surface area contributed by atoms with E-state index < -0.39 is 9.84 Å². The van der Waals surface area contributed by atoms with Gasteiger partial charge >= 0.3 is 0 Å². The van der Waals surface area contributed by atoms with Crippen molar-refractivity contribution in [1.82, 2.24) is 9.80 Å². The van der Waals surface area contributed by atoms with Gasteiger partial charge < -0.3 is 9.32 Å². The molecule has 0 bridgehead atoms. The first kappa shape index (κ1) is 20.5. The Kier molecular flexibility index (Phi) is 6.51. The molecule has 0 radical (unpaired) electrons. The van der Waals surface area contributed by atoms with Gasteiger partial charge in [-0.15, -0.1) is 0 Å². The van der Waals surface area contributed by atoms with Gasteiger partial charge in [0.1, 0.15) is 27.2 Å². The number of carbonyl (C=O) groups excluding carboxylic acids is 1. The number of amides is 1. The van der Waals surface area contributed by atoms with Gasteiger partial charge in [0.25, 0.3) is 0 Å². The summed E-state index contributed by atoms with van der Waals surface area (Å²) in [5, 5.41) is 0. The fraction of sp³-hybridized carbons (Fsp3) is 0.450. The molecular formula is C20H25FN2O4S. The molecule has 28 heavy (non-hydrogen) atoms. The Balaban J connectivity index is 1.46. The summed E-state index contributed by atoms with van der Waals surface area (Å²) in [6.07, 6.45) is 2.02. The minimum atomic E-state index is -2.97. The van der Waals surface area contributed by atoms with Gasteiger partial charge in [-0.25, -0.2) is 12.8 Å². The molecule has 2 heterocycles. The van der Waals surface area contributed by atoms with E-state index in [1.165, 1.54) is 12.3 Å². The number of sulfone groups is 1. The molecule has 1 amide bonds. The molecule has 1 aromatic heterocycles. The van der Waals surface area contributed by atoms with Crippen molar-refractivity contribution in [3.63, 3.8) is 0 Å². The summed E-state index contributed by atoms with van der Waals surface area (Å²) in [6, 6.07) is 9.92. The molecule has 1 aliphatic heterocycles. The number of benzene rings is 1. The highest BCUT2D eigenvalue weighted by molar-refractivity contribution is 7.90. The summed E-state index contributed by atoms with van der Waals surface area (Å²) in [6.45, 7) is 3.06. The fourth-order valence-corrected chi connectivity index (χ4v) is 3.81. The molecule has 1 fully saturated rings. The van der Waals surface area contributed by atoms with Gasteiger partial charge in [0, 0.05) is 51.8 Å². The highest BCUT2D eigenvalue weighted by Crippen LogP contribution is 2.25. The molecule has 0 spiro atoms. The average molecular weight is 408 g/mol. The van der Waals surface area contributed by atoms with Crippen LogP contribution in [0.15, 0.2) is 40.8 Å². The highest BCUT2D eigenvalue weighted by atomic mass is 32.2. The summed E-state index contributed by atoms with van der Waals surface area (Å²) in [4.78, 5) is 16.3. The first-order chi connectivity index (χ1) is 13.3. The molecule has 0 unspecified atom stereocenters. The normalized spacial score (nSPS) is 15.7. The number of furan rings is 1. The van der Waals surface area contributed by atoms with Crippen LogP contribution >= 0.6 is 0 Å². The summed E-state index contributed by atoms with van der Waals surface area (Å²) in [5.74, 6) is 0.960. The maximum absolute atomic E-state index is 13.8. The van der Waals surface area contributed by atoms with Crippen molar-refractivity contribution >= 4 is 15.7 Å². The van der Waals surface area contributed by atoms with Crippen LogP contribution in [0.2, 0.25) is 0 Å². The Bertz CT molecular complexity index is 918. The third kappa shape index (κ3) is 5.65. The molecule has 0 saturated carbocycles. The zero-order valence-electron chi connectivity index (χ0n) is 15.9. The van der Waals surface area contributed by atoms with E-state index in [4.69, 9.17) is 4.42 Å². The zero-order valence-corrected chi connectivity index (χ0v) is 16.8. The molecule has 1 aliphatic rings. The van der Waals surface area contributed by atoms with Crippen molar-refractivity contribution in [2.75, 3.05) is 44.7 Å². The fourth-order valence-electron chi connectivity index (χ4n) is 3.22. The summed E-state index contributed by atoms with van der Waals surface area (Å²) >= 11 is 0. The van der Waals surface area contributed by atoms with Crippen molar-refractivity contribution < 1.29 is 22.0 Å². The van der Waals surface area contributed by atoms with Crippen LogP contribution in [0.3, 0.4) is 0 Å². The van der Waals surface area contributed by atoms with Crippen LogP contribution < -0.4 is 0 Å². The van der Waals surface area contributed by atoms with Crippen molar-refractivity contribution in [3.05, 3.63) is 48.0 Å². The zero-order chi connectivity index (χ0) is 20.1. The van der Waals surface area contributed by atoms with E-state index in [1.807, 2.05) is 0 Å². The van der Waals surface area contributed by atoms with Crippen LogP contribution in [0.5, 0.6) is 0 Å². The number of carbonyl (C=O) groups is 1. The number of hydrogen-bond acceptors (Lipinski definition) is 5. The van der Waals surface area contributed by atoms with Gasteiger partial charge in [-0.1, -0.05) is 12.1 Å². The molecule has 3 rings (SSSR count). The minimum absolute atomic E-state index is 0.0478. The van der Waals surface area contributed by atoms with Gasteiger partial charge in [-0.3, -0.25) is 9.69 Å². The second-order valence-corrected chi connectivity index (χ2v) is 9.36. The average Bonchev–Trinajstić information content (AvgIpc) is 3.13. The SMILES string of the molecule is CS(=O)(=O)CCN1CCN(C(=O)CCc2ccc(-c3ccccc3F)o2)CC1. The third-order valence-electron chi connectivity index (χ3n) is 4.89. The second-order valence-electron chi connectivity index (χ2n) is 7.10. The van der Waals surface area contributed by atoms with E-state index in [9.17, 15) is 17.6 Å². The van der Waals surface area contributed by atoms with E-state index in [0.717, 1.165) is 0 Å². The molecule has 0 N–H and O–H groups in total. The lowest BCUT2D eigenvalue weighted by molar-refractivity contribution is -0.132. The molecule has 6 nitrogen and oxygen atoms in total. The lowest BCUT2D eigenvalue weighted by atomic mass is 10.1. The van der Waals surface area contributed by atoms with E-state index in [2.05, 4.69) is 4.90 Å². The predicted molar refractivity (Wildman–Crippen MR) is 105 cm³/mol. The number of piperazine rings is 1. The molecular weight excluding hydrogens is 383 g/mol. The second kappa shape index (κ2) is 8.87. The number of halogens is 1. The van der Waals surface area contributed by atoms with Crippen LogP contribution in [0.25, 0.3) is 11.3 Å². The third-order valence-corrected chi connectivity index (χ3v) is 5.81. The first-order valence-electron chi connectivity index (χ1n) is 9.33. The van der Waals surface area contributed by atoms with Gasteiger partial charge in [-0.2, -0.15) is 0 Å². The van der Waals surface area contributed by atoms with Crippen LogP contribution in [0.4, 0.5) is 4.39 Å². The first-order valence-corrected chi connectivity index (χ1v) is 11.4. The molecule has 1 aromatic carbocycles. The topological polar surface area (TPSA) is 70.8 Å². The maximum atomic E-state index is 13.8. The van der Waals surface area contributed by atoms with Gasteiger partial charge in [0.05, 0.1) is 11.3 Å². The van der Waals surface area contributed by atoms with E-state index in [-0.39, 0.29) is 17.5 Å². The van der Waals surface area contributed by atoms with E-state index in [1.54, 1.807) is 35.2 Å². The largest absolute Gasteiger partial charge is 0.461 e.